The lowest BCUT2D eigenvalue weighted by Crippen LogP contribution is -2.69. The Morgan fingerprint density at radius 3 is 2.63 bits per heavy atom. The summed E-state index contributed by atoms with van der Waals surface area (Å²) in [4.78, 5) is 5.63. The lowest BCUT2D eigenvalue weighted by molar-refractivity contribution is -0.385. The van der Waals surface area contributed by atoms with Gasteiger partial charge in [-0.05, 0) is 36.2 Å². The fourth-order valence-electron chi connectivity index (χ4n) is 3.71. The quantitative estimate of drug-likeness (QED) is 0.316. The molecule has 4 rings (SSSR count). The first-order valence-corrected chi connectivity index (χ1v) is 10.6. The zero-order valence-electron chi connectivity index (χ0n) is 16.4. The molecule has 1 aliphatic heterocycles. The fraction of sp³-hybridized carbons (Fsp3) is 0.429. The Kier molecular flexibility index (Phi) is 5.86. The number of nitrogens with one attached hydrogen (secondary N) is 1. The predicted octanol–water partition coefficient (Wildman–Crippen LogP) is 0.881. The summed E-state index contributed by atoms with van der Waals surface area (Å²) in [6.45, 7) is 1.47. The van der Waals surface area contributed by atoms with Gasteiger partial charge in [0.15, 0.2) is 6.10 Å². The van der Waals surface area contributed by atoms with E-state index in [0.717, 1.165) is 17.5 Å². The average Bonchev–Trinajstić information content (AvgIpc) is 3.37. The molecule has 8 nitrogen and oxygen atoms in total. The van der Waals surface area contributed by atoms with E-state index in [1.54, 1.807) is 23.5 Å². The molecule has 3 aromatic rings. The largest absolute Gasteiger partial charge is 0.454 e. The number of H-pyrrole nitrogens is 1. The van der Waals surface area contributed by atoms with Gasteiger partial charge in [-0.25, -0.2) is 0 Å². The van der Waals surface area contributed by atoms with E-state index in [-0.39, 0.29) is 5.75 Å². The molecular weight excluding hydrogens is 410 g/mol. The van der Waals surface area contributed by atoms with Gasteiger partial charge in [0.25, 0.3) is 5.79 Å². The third-order valence-electron chi connectivity index (χ3n) is 5.42. The molecule has 0 amide bonds. The van der Waals surface area contributed by atoms with Crippen molar-refractivity contribution in [2.45, 2.75) is 50.2 Å². The van der Waals surface area contributed by atoms with Gasteiger partial charge >= 0.3 is 0 Å². The number of aliphatic hydroxyl groups excluding tert-OH is 4. The molecule has 1 saturated heterocycles. The molecule has 0 unspecified atom stereocenters. The molecule has 0 aliphatic carbocycles. The Labute approximate surface area is 176 Å². The number of aromatic amines is 1. The maximum atomic E-state index is 10.9. The summed E-state index contributed by atoms with van der Waals surface area (Å²) in [6.07, 6.45) is -3.31. The van der Waals surface area contributed by atoms with Gasteiger partial charge in [-0.3, -0.25) is 0 Å². The summed E-state index contributed by atoms with van der Waals surface area (Å²) in [6, 6.07) is 9.33. The summed E-state index contributed by atoms with van der Waals surface area (Å²) in [5.41, 5.74) is 1.68. The number of aryl methyl sites for hydroxylation is 1. The highest BCUT2D eigenvalue weighted by Crippen LogP contribution is 2.37. The molecule has 1 aromatic carbocycles. The Morgan fingerprint density at radius 1 is 1.17 bits per heavy atom. The highest BCUT2D eigenvalue weighted by molar-refractivity contribution is 7.12. The maximum Gasteiger partial charge on any atom is 0.288 e. The van der Waals surface area contributed by atoms with Crippen LogP contribution in [0.25, 0.3) is 10.9 Å². The van der Waals surface area contributed by atoms with Crippen molar-refractivity contribution in [1.29, 1.82) is 0 Å². The SMILES string of the molecule is CCc1ccc(Cc2c[nH]c3cccc(O[C@]4(O)[C@H](O)O[C@H](CO)[C@@H](O)[C@@H]4O)c23)s1. The van der Waals surface area contributed by atoms with Gasteiger partial charge in [-0.1, -0.05) is 13.0 Å². The number of aliphatic hydroxyl groups is 5. The molecule has 0 bridgehead atoms. The minimum Gasteiger partial charge on any atom is -0.454 e. The van der Waals surface area contributed by atoms with Crippen LogP contribution in [0.4, 0.5) is 0 Å². The van der Waals surface area contributed by atoms with Crippen molar-refractivity contribution in [3.05, 3.63) is 51.8 Å². The molecule has 6 N–H and O–H groups in total. The van der Waals surface area contributed by atoms with E-state index in [4.69, 9.17) is 9.47 Å². The van der Waals surface area contributed by atoms with Crippen molar-refractivity contribution < 1.29 is 35.0 Å². The van der Waals surface area contributed by atoms with E-state index < -0.39 is 37.0 Å². The van der Waals surface area contributed by atoms with E-state index in [1.165, 1.54) is 9.75 Å². The second-order valence-corrected chi connectivity index (χ2v) is 8.64. The van der Waals surface area contributed by atoms with Crippen LogP contribution in [0.2, 0.25) is 0 Å². The lowest BCUT2D eigenvalue weighted by Gasteiger charge is -2.45. The van der Waals surface area contributed by atoms with E-state index in [2.05, 4.69) is 24.0 Å². The first-order valence-electron chi connectivity index (χ1n) is 9.75. The zero-order chi connectivity index (χ0) is 21.5. The average molecular weight is 435 g/mol. The lowest BCUT2D eigenvalue weighted by atomic mass is 9.95. The smallest absolute Gasteiger partial charge is 0.288 e. The second kappa shape index (κ2) is 8.27. The molecular formula is C21H25NO7S. The standard InChI is InChI=1S/C21H25NO7S/c1-2-12-6-7-13(30-12)8-11-9-22-14-4-3-5-15(17(11)14)29-21(27)19(25)18(24)16(10-23)28-20(21)26/h3-7,9,16,18-20,22-27H,2,8,10H2,1H3/t16-,18-,19+,20-,21+/m1/s1. The third-order valence-corrected chi connectivity index (χ3v) is 6.65. The highest BCUT2D eigenvalue weighted by atomic mass is 32.1. The van der Waals surface area contributed by atoms with E-state index in [1.807, 2.05) is 12.3 Å². The van der Waals surface area contributed by atoms with Crippen LogP contribution < -0.4 is 4.74 Å². The van der Waals surface area contributed by atoms with Crippen molar-refractivity contribution in [1.82, 2.24) is 4.98 Å². The number of hydrogen-bond acceptors (Lipinski definition) is 8. The molecule has 0 radical (unpaired) electrons. The molecule has 3 heterocycles. The van der Waals surface area contributed by atoms with Crippen LogP contribution in [0, 0.1) is 0 Å². The van der Waals surface area contributed by atoms with Crippen molar-refractivity contribution >= 4 is 22.2 Å². The molecule has 9 heteroatoms. The summed E-state index contributed by atoms with van der Waals surface area (Å²) >= 11 is 1.72. The number of hydrogen-bond donors (Lipinski definition) is 6. The molecule has 5 atom stereocenters. The van der Waals surface area contributed by atoms with Gasteiger partial charge in [-0.15, -0.1) is 11.3 Å². The molecule has 2 aromatic heterocycles. The summed E-state index contributed by atoms with van der Waals surface area (Å²) in [5, 5.41) is 51.6. The van der Waals surface area contributed by atoms with Crippen LogP contribution in [0.1, 0.15) is 22.2 Å². The van der Waals surface area contributed by atoms with Gasteiger partial charge in [0.1, 0.15) is 18.0 Å². The van der Waals surface area contributed by atoms with E-state index in [0.29, 0.717) is 11.8 Å². The van der Waals surface area contributed by atoms with Crippen LogP contribution in [-0.2, 0) is 17.6 Å². The third kappa shape index (κ3) is 3.63. The molecule has 1 aliphatic rings. The number of aromatic nitrogens is 1. The first kappa shape index (κ1) is 21.3. The van der Waals surface area contributed by atoms with Crippen molar-refractivity contribution in [2.24, 2.45) is 0 Å². The van der Waals surface area contributed by atoms with E-state index in [9.17, 15) is 25.5 Å². The van der Waals surface area contributed by atoms with Crippen LogP contribution in [-0.4, -0.2) is 67.5 Å². The molecule has 162 valence electrons. The number of benzene rings is 1. The summed E-state index contributed by atoms with van der Waals surface area (Å²) in [7, 11) is 0. The number of ether oxygens (including phenoxy) is 2. The molecule has 1 fully saturated rings. The minimum absolute atomic E-state index is 0.217. The topological polar surface area (TPSA) is 135 Å². The number of thiophene rings is 1. The molecule has 0 spiro atoms. The van der Waals surface area contributed by atoms with Crippen LogP contribution in [0.15, 0.2) is 36.5 Å². The van der Waals surface area contributed by atoms with Crippen LogP contribution >= 0.6 is 11.3 Å². The van der Waals surface area contributed by atoms with Gasteiger partial charge in [0.2, 0.25) is 6.29 Å². The number of fused-ring (bicyclic) bond motifs is 1. The van der Waals surface area contributed by atoms with Crippen LogP contribution in [0.3, 0.4) is 0 Å². The summed E-state index contributed by atoms with van der Waals surface area (Å²) < 4.78 is 10.7. The fourth-order valence-corrected chi connectivity index (χ4v) is 4.70. The maximum absolute atomic E-state index is 10.9. The van der Waals surface area contributed by atoms with Crippen molar-refractivity contribution in [2.75, 3.05) is 6.61 Å². The van der Waals surface area contributed by atoms with Gasteiger partial charge in [0.05, 0.1) is 6.61 Å². The molecule has 0 saturated carbocycles. The Morgan fingerprint density at radius 2 is 1.93 bits per heavy atom. The Hall–Kier alpha value is -1.98. The van der Waals surface area contributed by atoms with Crippen LogP contribution in [0.5, 0.6) is 5.75 Å². The highest BCUT2D eigenvalue weighted by Gasteiger charge is 2.57. The predicted molar refractivity (Wildman–Crippen MR) is 110 cm³/mol. The van der Waals surface area contributed by atoms with Crippen molar-refractivity contribution in [3.8, 4) is 5.75 Å². The monoisotopic (exact) mass is 435 g/mol. The summed E-state index contributed by atoms with van der Waals surface area (Å²) in [5.74, 6) is -2.40. The normalized spacial score (nSPS) is 29.4. The van der Waals surface area contributed by atoms with Gasteiger partial charge in [-0.2, -0.15) is 0 Å². The first-order chi connectivity index (χ1) is 14.4. The number of rotatable bonds is 6. The Balaban J connectivity index is 1.68. The zero-order valence-corrected chi connectivity index (χ0v) is 17.2. The second-order valence-electron chi connectivity index (χ2n) is 7.39. The van der Waals surface area contributed by atoms with Crippen molar-refractivity contribution in [3.63, 3.8) is 0 Å². The van der Waals surface area contributed by atoms with E-state index >= 15 is 0 Å². The molecule has 30 heavy (non-hydrogen) atoms. The Bertz CT molecular complexity index is 1020. The minimum atomic E-state index is -2.62. The van der Waals surface area contributed by atoms with Gasteiger partial charge in [0, 0.05) is 33.3 Å². The van der Waals surface area contributed by atoms with Gasteiger partial charge < -0.3 is 40.0 Å².